The van der Waals surface area contributed by atoms with E-state index in [2.05, 4.69) is 38.0 Å². The topological polar surface area (TPSA) is 78.9 Å². The van der Waals surface area contributed by atoms with E-state index >= 15 is 0 Å². The monoisotopic (exact) mass is 488 g/mol. The van der Waals surface area contributed by atoms with Crippen molar-refractivity contribution in [1.82, 2.24) is 0 Å². The fourth-order valence-electron chi connectivity index (χ4n) is 1.56. The lowest BCUT2D eigenvalue weighted by molar-refractivity contribution is -0.140. The van der Waals surface area contributed by atoms with Gasteiger partial charge < -0.3 is 14.2 Å². The van der Waals surface area contributed by atoms with Crippen molar-refractivity contribution in [3.8, 4) is 0 Å². The molecule has 0 aliphatic carbocycles. The van der Waals surface area contributed by atoms with Crippen LogP contribution in [0.25, 0.3) is 6.08 Å². The molecule has 0 spiro atoms. The number of ether oxygens (including phenoxy) is 3. The summed E-state index contributed by atoms with van der Waals surface area (Å²) in [7, 11) is 1.33. The number of rotatable bonds is 9. The molecule has 6 nitrogen and oxygen atoms in total. The summed E-state index contributed by atoms with van der Waals surface area (Å²) in [6, 6.07) is 10.0. The van der Waals surface area contributed by atoms with Crippen molar-refractivity contribution in [3.05, 3.63) is 78.9 Å². The van der Waals surface area contributed by atoms with Crippen molar-refractivity contribution >= 4 is 24.0 Å². The standard InChI is InChI=1S/2C8H14O2.C8H8.C5H8O2/c1-6(2)5-10-8(9)7(3)4;1-4-5-6-10-8(9)7(2)3;1-2-8-6-4-3-5-7-8;1-4(2)5(6)7-3/h6H,3,5H2,1-2,4H3;2,4-6H2,1,3H3;2-7H,1H2;1H2,2-3H3. The molecule has 0 saturated heterocycles. The van der Waals surface area contributed by atoms with Crippen LogP contribution in [-0.4, -0.2) is 38.2 Å². The molecule has 0 heterocycles. The van der Waals surface area contributed by atoms with Crippen LogP contribution in [-0.2, 0) is 28.6 Å². The van der Waals surface area contributed by atoms with Gasteiger partial charge in [-0.1, -0.05) is 89.9 Å². The Labute approximate surface area is 212 Å². The number of carbonyl (C=O) groups excluding carboxylic acids is 3. The largest absolute Gasteiger partial charge is 0.466 e. The predicted octanol–water partition coefficient (Wildman–Crippen LogP) is 6.73. The van der Waals surface area contributed by atoms with E-state index in [0.717, 1.165) is 12.8 Å². The van der Waals surface area contributed by atoms with Gasteiger partial charge in [-0.3, -0.25) is 0 Å². The second-order valence-corrected chi connectivity index (χ2v) is 7.93. The molecule has 0 aromatic heterocycles. The summed E-state index contributed by atoms with van der Waals surface area (Å²) in [6.45, 7) is 25.8. The number of benzene rings is 1. The first kappa shape index (κ1) is 36.2. The van der Waals surface area contributed by atoms with E-state index in [1.807, 2.05) is 50.3 Å². The third-order valence-corrected chi connectivity index (χ3v) is 3.54. The summed E-state index contributed by atoms with van der Waals surface area (Å²) in [5.41, 5.74) is 2.53. The zero-order valence-corrected chi connectivity index (χ0v) is 22.6. The van der Waals surface area contributed by atoms with Gasteiger partial charge in [-0.05, 0) is 38.7 Å². The molecular weight excluding hydrogens is 444 g/mol. The minimum Gasteiger partial charge on any atom is -0.466 e. The van der Waals surface area contributed by atoms with E-state index in [0.29, 0.717) is 35.9 Å². The zero-order valence-electron chi connectivity index (χ0n) is 22.6. The first-order valence-electron chi connectivity index (χ1n) is 11.4. The summed E-state index contributed by atoms with van der Waals surface area (Å²) in [6.07, 6.45) is 3.81. The van der Waals surface area contributed by atoms with Gasteiger partial charge in [0, 0.05) is 16.7 Å². The number of esters is 3. The maximum Gasteiger partial charge on any atom is 0.333 e. The Morgan fingerprint density at radius 1 is 0.857 bits per heavy atom. The van der Waals surface area contributed by atoms with Gasteiger partial charge in [0.2, 0.25) is 0 Å². The Morgan fingerprint density at radius 2 is 1.31 bits per heavy atom. The normalized spacial score (nSPS) is 8.80. The fraction of sp³-hybridized carbons (Fsp3) is 0.414. The highest BCUT2D eigenvalue weighted by molar-refractivity contribution is 5.87. The second kappa shape index (κ2) is 23.7. The van der Waals surface area contributed by atoms with Crippen LogP contribution in [0.1, 0.15) is 59.9 Å². The molecule has 1 aromatic rings. The van der Waals surface area contributed by atoms with Crippen LogP contribution < -0.4 is 0 Å². The van der Waals surface area contributed by atoms with Crippen molar-refractivity contribution in [2.45, 2.75) is 54.4 Å². The molecule has 0 fully saturated rings. The third kappa shape index (κ3) is 26.7. The number of hydrogen-bond acceptors (Lipinski definition) is 6. The van der Waals surface area contributed by atoms with Crippen LogP contribution in [0.3, 0.4) is 0 Å². The molecule has 0 radical (unpaired) electrons. The van der Waals surface area contributed by atoms with Crippen molar-refractivity contribution < 1.29 is 28.6 Å². The van der Waals surface area contributed by atoms with Crippen LogP contribution in [0.2, 0.25) is 0 Å². The molecule has 35 heavy (non-hydrogen) atoms. The predicted molar refractivity (Wildman–Crippen MR) is 145 cm³/mol. The van der Waals surface area contributed by atoms with E-state index in [9.17, 15) is 14.4 Å². The highest BCUT2D eigenvalue weighted by Crippen LogP contribution is 1.98. The molecule has 0 saturated carbocycles. The molecule has 0 aliphatic rings. The van der Waals surface area contributed by atoms with Crippen LogP contribution in [0.15, 0.2) is 73.4 Å². The number of hydrogen-bond donors (Lipinski definition) is 0. The van der Waals surface area contributed by atoms with Gasteiger partial charge >= 0.3 is 17.9 Å². The summed E-state index contributed by atoms with van der Waals surface area (Å²) < 4.78 is 13.9. The first-order chi connectivity index (χ1) is 16.3. The number of carbonyl (C=O) groups is 3. The zero-order chi connectivity index (χ0) is 27.8. The lowest BCUT2D eigenvalue weighted by atomic mass is 10.2. The second-order valence-electron chi connectivity index (χ2n) is 7.93. The van der Waals surface area contributed by atoms with Crippen LogP contribution in [0.5, 0.6) is 0 Å². The van der Waals surface area contributed by atoms with Crippen molar-refractivity contribution in [2.75, 3.05) is 20.3 Å². The van der Waals surface area contributed by atoms with E-state index in [4.69, 9.17) is 9.47 Å². The van der Waals surface area contributed by atoms with E-state index in [1.54, 1.807) is 20.8 Å². The molecule has 0 N–H and O–H groups in total. The minimum absolute atomic E-state index is 0.284. The number of methoxy groups -OCH3 is 1. The third-order valence-electron chi connectivity index (χ3n) is 3.54. The highest BCUT2D eigenvalue weighted by atomic mass is 16.5. The van der Waals surface area contributed by atoms with Crippen molar-refractivity contribution in [2.24, 2.45) is 5.92 Å². The summed E-state index contributed by atoms with van der Waals surface area (Å²) in [5.74, 6) is -0.537. The average molecular weight is 489 g/mol. The highest BCUT2D eigenvalue weighted by Gasteiger charge is 2.03. The Bertz CT molecular complexity index is 791. The van der Waals surface area contributed by atoms with Gasteiger partial charge in [-0.2, -0.15) is 0 Å². The molecule has 1 aromatic carbocycles. The van der Waals surface area contributed by atoms with Crippen LogP contribution >= 0.6 is 0 Å². The number of unbranched alkanes of at least 4 members (excludes halogenated alkanes) is 1. The van der Waals surface area contributed by atoms with Gasteiger partial charge in [0.25, 0.3) is 0 Å². The van der Waals surface area contributed by atoms with Crippen molar-refractivity contribution in [3.63, 3.8) is 0 Å². The van der Waals surface area contributed by atoms with E-state index < -0.39 is 0 Å². The fourth-order valence-corrected chi connectivity index (χ4v) is 1.56. The van der Waals surface area contributed by atoms with Gasteiger partial charge in [-0.25, -0.2) is 14.4 Å². The SMILES string of the molecule is C=C(C)C(=O)OC.C=C(C)C(=O)OCC(C)C.C=C(C)C(=O)OCCCC.C=Cc1ccccc1. The maximum atomic E-state index is 10.7. The van der Waals surface area contributed by atoms with Gasteiger partial charge in [0.1, 0.15) is 0 Å². The summed E-state index contributed by atoms with van der Waals surface area (Å²) in [4.78, 5) is 31.6. The Morgan fingerprint density at radius 3 is 1.60 bits per heavy atom. The van der Waals surface area contributed by atoms with Gasteiger partial charge in [0.05, 0.1) is 20.3 Å². The lowest BCUT2D eigenvalue weighted by Gasteiger charge is -2.05. The smallest absolute Gasteiger partial charge is 0.333 e. The first-order valence-corrected chi connectivity index (χ1v) is 11.4. The van der Waals surface area contributed by atoms with E-state index in [-0.39, 0.29) is 17.9 Å². The molecule has 6 heteroatoms. The summed E-state index contributed by atoms with van der Waals surface area (Å²) >= 11 is 0. The molecular formula is C29H44O6. The van der Waals surface area contributed by atoms with Gasteiger partial charge in [-0.15, -0.1) is 0 Å². The van der Waals surface area contributed by atoms with Crippen LogP contribution in [0.4, 0.5) is 0 Å². The van der Waals surface area contributed by atoms with Gasteiger partial charge in [0.15, 0.2) is 0 Å². The maximum absolute atomic E-state index is 10.7. The molecule has 0 bridgehead atoms. The molecule has 0 atom stereocenters. The average Bonchev–Trinajstić information content (AvgIpc) is 2.83. The Kier molecular flexibility index (Phi) is 24.5. The van der Waals surface area contributed by atoms with Crippen molar-refractivity contribution in [1.29, 1.82) is 0 Å². The molecule has 0 aliphatic heterocycles. The lowest BCUT2D eigenvalue weighted by Crippen LogP contribution is -2.09. The Balaban J connectivity index is -0.000000394. The summed E-state index contributed by atoms with van der Waals surface area (Å²) in [5, 5.41) is 0. The minimum atomic E-state index is -0.347. The molecule has 0 amide bonds. The quantitative estimate of drug-likeness (QED) is 0.166. The van der Waals surface area contributed by atoms with E-state index in [1.165, 1.54) is 12.7 Å². The molecule has 196 valence electrons. The van der Waals surface area contributed by atoms with Crippen LogP contribution in [0, 0.1) is 5.92 Å². The molecule has 0 unspecified atom stereocenters. The Hall–Kier alpha value is -3.41. The molecule has 1 rings (SSSR count).